The highest BCUT2D eigenvalue weighted by atomic mass is 19.1. The lowest BCUT2D eigenvalue weighted by molar-refractivity contribution is -0.141. The summed E-state index contributed by atoms with van der Waals surface area (Å²) in [5.41, 5.74) is -0.395. The fraction of sp³-hybridized carbons (Fsp3) is 0.385. The molecule has 1 aromatic carbocycles. The fourth-order valence-electron chi connectivity index (χ4n) is 1.56. The molecule has 104 valence electrons. The van der Waals surface area contributed by atoms with Crippen LogP contribution in [0.2, 0.25) is 0 Å². The Bertz CT molecular complexity index is 455. The standard InChI is InChI=1S/C13H16FNO4/c1-8(13(18)19)4-3-7-15-12(17)11-9(14)5-2-6-10(11)16/h2,5-6,8,16H,3-4,7H2,1H3,(H,15,17)(H,18,19). The van der Waals surface area contributed by atoms with E-state index >= 15 is 0 Å². The minimum atomic E-state index is -0.891. The lowest BCUT2D eigenvalue weighted by Gasteiger charge is -2.09. The first-order valence-electron chi connectivity index (χ1n) is 5.92. The molecule has 0 saturated carbocycles. The van der Waals surface area contributed by atoms with Gasteiger partial charge in [-0.25, -0.2) is 4.39 Å². The van der Waals surface area contributed by atoms with Crippen molar-refractivity contribution in [2.75, 3.05) is 6.54 Å². The van der Waals surface area contributed by atoms with Crippen molar-refractivity contribution in [1.29, 1.82) is 0 Å². The van der Waals surface area contributed by atoms with Gasteiger partial charge >= 0.3 is 5.97 Å². The van der Waals surface area contributed by atoms with Crippen molar-refractivity contribution in [3.05, 3.63) is 29.6 Å². The van der Waals surface area contributed by atoms with E-state index in [1.165, 1.54) is 12.1 Å². The second-order valence-electron chi connectivity index (χ2n) is 4.27. The van der Waals surface area contributed by atoms with Crippen molar-refractivity contribution in [2.45, 2.75) is 19.8 Å². The summed E-state index contributed by atoms with van der Waals surface area (Å²) in [6.45, 7) is 1.80. The Hall–Kier alpha value is -2.11. The van der Waals surface area contributed by atoms with Crippen molar-refractivity contribution in [1.82, 2.24) is 5.32 Å². The molecule has 0 aliphatic rings. The molecule has 19 heavy (non-hydrogen) atoms. The number of amides is 1. The number of nitrogens with one attached hydrogen (secondary N) is 1. The number of carboxylic acids is 1. The van der Waals surface area contributed by atoms with Crippen molar-refractivity contribution in [2.24, 2.45) is 5.92 Å². The summed E-state index contributed by atoms with van der Waals surface area (Å²) in [7, 11) is 0. The average molecular weight is 269 g/mol. The van der Waals surface area contributed by atoms with E-state index in [1.54, 1.807) is 6.92 Å². The maximum atomic E-state index is 13.3. The molecule has 0 aliphatic carbocycles. The van der Waals surface area contributed by atoms with Gasteiger partial charge in [-0.1, -0.05) is 13.0 Å². The molecule has 1 unspecified atom stereocenters. The number of rotatable bonds is 6. The van der Waals surface area contributed by atoms with Crippen molar-refractivity contribution in [3.8, 4) is 5.75 Å². The Balaban J connectivity index is 2.46. The zero-order valence-corrected chi connectivity index (χ0v) is 10.5. The van der Waals surface area contributed by atoms with E-state index in [4.69, 9.17) is 5.11 Å². The van der Waals surface area contributed by atoms with Crippen LogP contribution in [0.1, 0.15) is 30.1 Å². The quantitative estimate of drug-likeness (QED) is 0.687. The van der Waals surface area contributed by atoms with Crippen molar-refractivity contribution >= 4 is 11.9 Å². The van der Waals surface area contributed by atoms with Gasteiger partial charge in [0.2, 0.25) is 0 Å². The van der Waals surface area contributed by atoms with Gasteiger partial charge in [0.05, 0.1) is 5.92 Å². The molecule has 3 N–H and O–H groups in total. The Morgan fingerprint density at radius 2 is 2.11 bits per heavy atom. The second-order valence-corrected chi connectivity index (χ2v) is 4.27. The summed E-state index contributed by atoms with van der Waals surface area (Å²) >= 11 is 0. The van der Waals surface area contributed by atoms with Gasteiger partial charge in [0, 0.05) is 6.54 Å². The molecule has 0 fully saturated rings. The van der Waals surface area contributed by atoms with E-state index in [2.05, 4.69) is 5.32 Å². The summed E-state index contributed by atoms with van der Waals surface area (Å²) in [4.78, 5) is 22.2. The molecular formula is C13H16FNO4. The van der Waals surface area contributed by atoms with Crippen LogP contribution in [0.15, 0.2) is 18.2 Å². The first-order valence-corrected chi connectivity index (χ1v) is 5.92. The molecular weight excluding hydrogens is 253 g/mol. The number of benzene rings is 1. The third-order valence-corrected chi connectivity index (χ3v) is 2.74. The summed E-state index contributed by atoms with van der Waals surface area (Å²) in [5, 5.41) is 20.5. The van der Waals surface area contributed by atoms with E-state index in [9.17, 15) is 19.1 Å². The number of hydrogen-bond acceptors (Lipinski definition) is 3. The van der Waals surface area contributed by atoms with Crippen LogP contribution in [-0.2, 0) is 4.79 Å². The summed E-state index contributed by atoms with van der Waals surface area (Å²) < 4.78 is 13.3. The molecule has 1 atom stereocenters. The van der Waals surface area contributed by atoms with E-state index in [1.807, 2.05) is 0 Å². The monoisotopic (exact) mass is 269 g/mol. The molecule has 5 nitrogen and oxygen atoms in total. The molecule has 0 spiro atoms. The maximum Gasteiger partial charge on any atom is 0.306 e. The first kappa shape index (κ1) is 14.9. The SMILES string of the molecule is CC(CCCNC(=O)c1c(O)cccc1F)C(=O)O. The van der Waals surface area contributed by atoms with E-state index in [-0.39, 0.29) is 6.54 Å². The predicted molar refractivity (Wildman–Crippen MR) is 66.4 cm³/mol. The highest BCUT2D eigenvalue weighted by molar-refractivity contribution is 5.97. The molecule has 0 bridgehead atoms. The van der Waals surface area contributed by atoms with Gasteiger partial charge in [0.1, 0.15) is 17.1 Å². The third-order valence-electron chi connectivity index (χ3n) is 2.74. The van der Waals surface area contributed by atoms with Crippen LogP contribution in [0, 0.1) is 11.7 Å². The van der Waals surface area contributed by atoms with Crippen LogP contribution in [0.3, 0.4) is 0 Å². The van der Waals surface area contributed by atoms with Gasteiger partial charge < -0.3 is 15.5 Å². The number of carbonyl (C=O) groups excluding carboxylic acids is 1. The van der Waals surface area contributed by atoms with Gasteiger partial charge in [-0.15, -0.1) is 0 Å². The maximum absolute atomic E-state index is 13.3. The normalized spacial score (nSPS) is 11.9. The van der Waals surface area contributed by atoms with Gasteiger partial charge in [-0.3, -0.25) is 9.59 Å². The van der Waals surface area contributed by atoms with Gasteiger partial charge in [-0.05, 0) is 25.0 Å². The molecule has 0 aliphatic heterocycles. The Kier molecular flexibility index (Phi) is 5.29. The molecule has 0 aromatic heterocycles. The van der Waals surface area contributed by atoms with E-state index < -0.39 is 34.9 Å². The summed E-state index contributed by atoms with van der Waals surface area (Å²) in [6, 6.07) is 3.61. The average Bonchev–Trinajstić information content (AvgIpc) is 2.34. The second kappa shape index (κ2) is 6.72. The highest BCUT2D eigenvalue weighted by Gasteiger charge is 2.16. The van der Waals surface area contributed by atoms with Crippen molar-refractivity contribution in [3.63, 3.8) is 0 Å². The minimum Gasteiger partial charge on any atom is -0.507 e. The number of carbonyl (C=O) groups is 2. The number of carboxylic acid groups (broad SMARTS) is 1. The number of phenols is 1. The van der Waals surface area contributed by atoms with Crippen LogP contribution >= 0.6 is 0 Å². The molecule has 0 heterocycles. The summed E-state index contributed by atoms with van der Waals surface area (Å²) in [5.74, 6) is -3.30. The molecule has 1 amide bonds. The Morgan fingerprint density at radius 3 is 2.68 bits per heavy atom. The Morgan fingerprint density at radius 1 is 1.42 bits per heavy atom. The summed E-state index contributed by atoms with van der Waals surface area (Å²) in [6.07, 6.45) is 0.882. The molecule has 1 aromatic rings. The molecule has 0 saturated heterocycles. The number of aliphatic carboxylic acids is 1. The topological polar surface area (TPSA) is 86.6 Å². The number of hydrogen-bond donors (Lipinski definition) is 3. The number of phenolic OH excluding ortho intramolecular Hbond substituents is 1. The predicted octanol–water partition coefficient (Wildman–Crippen LogP) is 1.76. The van der Waals surface area contributed by atoms with Gasteiger partial charge in [-0.2, -0.15) is 0 Å². The van der Waals surface area contributed by atoms with Crippen LogP contribution < -0.4 is 5.32 Å². The Labute approximate surface area is 110 Å². The lowest BCUT2D eigenvalue weighted by Crippen LogP contribution is -2.26. The molecule has 6 heteroatoms. The van der Waals surface area contributed by atoms with Gasteiger partial charge in [0.15, 0.2) is 0 Å². The van der Waals surface area contributed by atoms with Crippen molar-refractivity contribution < 1.29 is 24.2 Å². The fourth-order valence-corrected chi connectivity index (χ4v) is 1.56. The van der Waals surface area contributed by atoms with Gasteiger partial charge in [0.25, 0.3) is 5.91 Å². The zero-order valence-electron chi connectivity index (χ0n) is 10.5. The first-order chi connectivity index (χ1) is 8.93. The number of aromatic hydroxyl groups is 1. The highest BCUT2D eigenvalue weighted by Crippen LogP contribution is 2.19. The van der Waals surface area contributed by atoms with Crippen LogP contribution in [0.4, 0.5) is 4.39 Å². The van der Waals surface area contributed by atoms with Crippen LogP contribution in [-0.4, -0.2) is 28.6 Å². The molecule has 1 rings (SSSR count). The third kappa shape index (κ3) is 4.24. The van der Waals surface area contributed by atoms with E-state index in [0.717, 1.165) is 6.07 Å². The molecule has 0 radical (unpaired) electrons. The zero-order chi connectivity index (χ0) is 14.4. The lowest BCUT2D eigenvalue weighted by atomic mass is 10.1. The van der Waals surface area contributed by atoms with E-state index in [0.29, 0.717) is 12.8 Å². The van der Waals surface area contributed by atoms with Crippen LogP contribution in [0.5, 0.6) is 5.75 Å². The minimum absolute atomic E-state index is 0.226. The smallest absolute Gasteiger partial charge is 0.306 e. The largest absolute Gasteiger partial charge is 0.507 e. The van der Waals surface area contributed by atoms with Crippen LogP contribution in [0.25, 0.3) is 0 Å². The number of halogens is 1.